The lowest BCUT2D eigenvalue weighted by molar-refractivity contribution is 0.919. The summed E-state index contributed by atoms with van der Waals surface area (Å²) >= 11 is 6.77. The molecule has 2 aromatic rings. The molecule has 0 spiro atoms. The van der Waals surface area contributed by atoms with Crippen molar-refractivity contribution in [3.8, 4) is 5.69 Å². The maximum absolute atomic E-state index is 11.1. The average Bonchev–Trinajstić information content (AvgIpc) is 2.29. The monoisotopic (exact) mass is 250 g/mol. The van der Waals surface area contributed by atoms with Crippen molar-refractivity contribution in [2.75, 3.05) is 6.26 Å². The van der Waals surface area contributed by atoms with Gasteiger partial charge in [-0.3, -0.25) is 14.3 Å². The summed E-state index contributed by atoms with van der Waals surface area (Å²) in [5.41, 5.74) is 0.805. The predicted molar refractivity (Wildman–Crippen MR) is 69.0 cm³/mol. The summed E-state index contributed by atoms with van der Waals surface area (Å²) in [5, 5.41) is 0. The lowest BCUT2D eigenvalue weighted by Crippen LogP contribution is -2.10. The first-order valence-corrected chi connectivity index (χ1v) is 6.31. The van der Waals surface area contributed by atoms with Crippen LogP contribution in [0.4, 0.5) is 0 Å². The Bertz CT molecular complexity index is 616. The van der Waals surface area contributed by atoms with Crippen molar-refractivity contribution in [3.05, 3.63) is 51.7 Å². The van der Waals surface area contributed by atoms with Gasteiger partial charge in [0.15, 0.2) is 4.77 Å². The van der Waals surface area contributed by atoms with Gasteiger partial charge in [-0.25, -0.2) is 0 Å². The highest BCUT2D eigenvalue weighted by Gasteiger charge is 2.02. The minimum absolute atomic E-state index is 0.178. The normalized spacial score (nSPS) is 10.3. The smallest absolute Gasteiger partial charge is 0.251 e. The predicted octanol–water partition coefficient (Wildman–Crippen LogP) is 2.62. The Morgan fingerprint density at radius 2 is 2.06 bits per heavy atom. The molecule has 0 saturated carbocycles. The first kappa shape index (κ1) is 11.2. The fourth-order valence-electron chi connectivity index (χ4n) is 1.44. The van der Waals surface area contributed by atoms with Gasteiger partial charge in [-0.15, -0.1) is 11.8 Å². The van der Waals surface area contributed by atoms with Gasteiger partial charge in [-0.2, -0.15) is 0 Å². The molecule has 1 N–H and O–H groups in total. The maximum Gasteiger partial charge on any atom is 0.251 e. The van der Waals surface area contributed by atoms with Crippen LogP contribution in [0.2, 0.25) is 0 Å². The lowest BCUT2D eigenvalue weighted by Gasteiger charge is -2.09. The fourth-order valence-corrected chi connectivity index (χ4v) is 2.29. The summed E-state index contributed by atoms with van der Waals surface area (Å²) in [6.07, 6.45) is 3.70. The van der Waals surface area contributed by atoms with Crippen LogP contribution < -0.4 is 5.56 Å². The maximum atomic E-state index is 11.1. The molecule has 82 valence electrons. The second-order valence-corrected chi connectivity index (χ2v) is 4.39. The van der Waals surface area contributed by atoms with Gasteiger partial charge in [0.05, 0.1) is 5.69 Å². The van der Waals surface area contributed by atoms with Crippen LogP contribution in [0.15, 0.2) is 46.2 Å². The van der Waals surface area contributed by atoms with E-state index in [4.69, 9.17) is 12.2 Å². The molecule has 0 saturated heterocycles. The summed E-state index contributed by atoms with van der Waals surface area (Å²) < 4.78 is 2.21. The molecule has 0 unspecified atom stereocenters. The third-order valence-corrected chi connectivity index (χ3v) is 3.25. The van der Waals surface area contributed by atoms with Gasteiger partial charge in [-0.05, 0) is 30.6 Å². The van der Waals surface area contributed by atoms with E-state index in [2.05, 4.69) is 4.98 Å². The highest BCUT2D eigenvalue weighted by molar-refractivity contribution is 7.98. The fraction of sp³-hybridized carbons (Fsp3) is 0.0909. The zero-order chi connectivity index (χ0) is 11.5. The van der Waals surface area contributed by atoms with E-state index in [1.807, 2.05) is 30.5 Å². The first-order valence-electron chi connectivity index (χ1n) is 4.68. The van der Waals surface area contributed by atoms with Gasteiger partial charge in [-0.1, -0.05) is 12.1 Å². The van der Waals surface area contributed by atoms with E-state index < -0.39 is 0 Å². The van der Waals surface area contributed by atoms with E-state index in [1.54, 1.807) is 22.5 Å². The van der Waals surface area contributed by atoms with Gasteiger partial charge >= 0.3 is 0 Å². The van der Waals surface area contributed by atoms with E-state index in [-0.39, 0.29) is 5.56 Å². The minimum Gasteiger partial charge on any atom is -0.299 e. The van der Waals surface area contributed by atoms with Crippen molar-refractivity contribution >= 4 is 24.0 Å². The van der Waals surface area contributed by atoms with E-state index in [0.29, 0.717) is 4.77 Å². The molecule has 3 nitrogen and oxygen atoms in total. The highest BCUT2D eigenvalue weighted by atomic mass is 32.2. The second kappa shape index (κ2) is 4.67. The Morgan fingerprint density at radius 1 is 1.31 bits per heavy atom. The molecule has 1 heterocycles. The molecular formula is C11H10N2OS2. The van der Waals surface area contributed by atoms with Gasteiger partial charge in [0, 0.05) is 17.2 Å². The van der Waals surface area contributed by atoms with E-state index in [1.165, 1.54) is 6.07 Å². The number of hydrogen-bond acceptors (Lipinski definition) is 3. The van der Waals surface area contributed by atoms with E-state index >= 15 is 0 Å². The standard InChI is InChI=1S/C11H10N2OS2/c1-16-9-5-3-2-4-8(9)13-7-6-10(14)12-11(13)15/h2-7H,1H3,(H,12,14,15). The molecular weight excluding hydrogens is 240 g/mol. The average molecular weight is 250 g/mol. The van der Waals surface area contributed by atoms with Crippen LogP contribution in [0.25, 0.3) is 5.69 Å². The Balaban J connectivity index is 2.68. The molecule has 0 radical (unpaired) electrons. The van der Waals surface area contributed by atoms with Crippen LogP contribution in [-0.2, 0) is 0 Å². The number of nitrogens with one attached hydrogen (secondary N) is 1. The Morgan fingerprint density at radius 3 is 2.75 bits per heavy atom. The van der Waals surface area contributed by atoms with Crippen molar-refractivity contribution < 1.29 is 0 Å². The number of nitrogens with zero attached hydrogens (tertiary/aromatic N) is 1. The van der Waals surface area contributed by atoms with Crippen LogP contribution >= 0.6 is 24.0 Å². The molecule has 16 heavy (non-hydrogen) atoms. The SMILES string of the molecule is CSc1ccccc1-n1ccc(=O)[nH]c1=S. The molecule has 0 fully saturated rings. The number of thioether (sulfide) groups is 1. The molecule has 0 atom stereocenters. The Kier molecular flexibility index (Phi) is 3.26. The van der Waals surface area contributed by atoms with Gasteiger partial charge in [0.1, 0.15) is 0 Å². The van der Waals surface area contributed by atoms with Crippen LogP contribution in [0.1, 0.15) is 0 Å². The third-order valence-electron chi connectivity index (χ3n) is 2.17. The summed E-state index contributed by atoms with van der Waals surface area (Å²) in [4.78, 5) is 14.8. The van der Waals surface area contributed by atoms with Crippen molar-refractivity contribution in [2.24, 2.45) is 0 Å². The topological polar surface area (TPSA) is 37.8 Å². The zero-order valence-electron chi connectivity index (χ0n) is 8.64. The molecule has 1 aromatic heterocycles. The summed E-state index contributed by atoms with van der Waals surface area (Å²) in [6, 6.07) is 9.38. The quantitative estimate of drug-likeness (QED) is 0.657. The van der Waals surface area contributed by atoms with Crippen LogP contribution in [-0.4, -0.2) is 15.8 Å². The minimum atomic E-state index is -0.178. The second-order valence-electron chi connectivity index (χ2n) is 3.15. The number of benzene rings is 1. The molecule has 1 aromatic carbocycles. The summed E-state index contributed by atoms with van der Waals surface area (Å²) in [7, 11) is 0. The van der Waals surface area contributed by atoms with Crippen molar-refractivity contribution in [3.63, 3.8) is 0 Å². The third kappa shape index (κ3) is 2.10. The van der Waals surface area contributed by atoms with Crippen molar-refractivity contribution in [1.29, 1.82) is 0 Å². The summed E-state index contributed by atoms with van der Waals surface area (Å²) in [6.45, 7) is 0. The Labute approximate surface area is 102 Å². The first-order chi connectivity index (χ1) is 7.72. The lowest BCUT2D eigenvalue weighted by atomic mass is 10.3. The van der Waals surface area contributed by atoms with Gasteiger partial charge in [0.2, 0.25) is 0 Å². The van der Waals surface area contributed by atoms with Gasteiger partial charge in [0.25, 0.3) is 5.56 Å². The van der Waals surface area contributed by atoms with Crippen LogP contribution in [0.5, 0.6) is 0 Å². The molecule has 0 aliphatic carbocycles. The number of hydrogen-bond donors (Lipinski definition) is 1. The largest absolute Gasteiger partial charge is 0.299 e. The number of rotatable bonds is 2. The number of aromatic amines is 1. The molecule has 0 bridgehead atoms. The highest BCUT2D eigenvalue weighted by Crippen LogP contribution is 2.23. The van der Waals surface area contributed by atoms with Crippen LogP contribution in [0, 0.1) is 4.77 Å². The molecule has 5 heteroatoms. The zero-order valence-corrected chi connectivity index (χ0v) is 10.3. The molecule has 0 aliphatic heterocycles. The molecule has 2 rings (SSSR count). The molecule has 0 amide bonds. The van der Waals surface area contributed by atoms with E-state index in [0.717, 1.165) is 10.6 Å². The Hall–Kier alpha value is -1.33. The number of para-hydroxylation sites is 1. The number of aromatic nitrogens is 2. The number of H-pyrrole nitrogens is 1. The summed E-state index contributed by atoms with van der Waals surface area (Å²) in [5.74, 6) is 0. The van der Waals surface area contributed by atoms with E-state index in [9.17, 15) is 4.79 Å². The van der Waals surface area contributed by atoms with Crippen molar-refractivity contribution in [1.82, 2.24) is 9.55 Å². The van der Waals surface area contributed by atoms with Crippen LogP contribution in [0.3, 0.4) is 0 Å². The molecule has 0 aliphatic rings. The van der Waals surface area contributed by atoms with Gasteiger partial charge < -0.3 is 0 Å². The van der Waals surface area contributed by atoms with Crippen molar-refractivity contribution in [2.45, 2.75) is 4.90 Å².